The highest BCUT2D eigenvalue weighted by molar-refractivity contribution is 6.28. The van der Waals surface area contributed by atoms with Gasteiger partial charge in [0, 0.05) is 6.20 Å². The Kier molecular flexibility index (Phi) is 4.45. The predicted octanol–water partition coefficient (Wildman–Crippen LogP) is 3.27. The molecule has 4 heteroatoms. The first-order chi connectivity index (χ1) is 8.75. The van der Waals surface area contributed by atoms with E-state index < -0.39 is 6.10 Å². The second kappa shape index (κ2) is 6.28. The summed E-state index contributed by atoms with van der Waals surface area (Å²) in [4.78, 5) is 7.83. The van der Waals surface area contributed by atoms with E-state index >= 15 is 0 Å². The van der Waals surface area contributed by atoms with Crippen molar-refractivity contribution in [3.8, 4) is 0 Å². The van der Waals surface area contributed by atoms with Crippen LogP contribution < -0.4 is 0 Å². The van der Waals surface area contributed by atoms with Crippen LogP contribution in [0.5, 0.6) is 0 Å². The summed E-state index contributed by atoms with van der Waals surface area (Å²) in [6.45, 7) is 0. The van der Waals surface area contributed by atoms with Gasteiger partial charge < -0.3 is 5.11 Å². The Morgan fingerprint density at radius 1 is 1.22 bits per heavy atom. The molecule has 0 saturated carbocycles. The van der Waals surface area contributed by atoms with Crippen molar-refractivity contribution in [2.75, 3.05) is 0 Å². The molecule has 0 aliphatic carbocycles. The van der Waals surface area contributed by atoms with E-state index in [0.29, 0.717) is 6.42 Å². The lowest BCUT2D eigenvalue weighted by molar-refractivity contribution is 0.182. The fraction of sp³-hybridized carbons (Fsp3) is 0.143. The highest BCUT2D eigenvalue weighted by Crippen LogP contribution is 2.16. The summed E-state index contributed by atoms with van der Waals surface area (Å²) in [7, 11) is 0. The van der Waals surface area contributed by atoms with Crippen molar-refractivity contribution in [3.63, 3.8) is 0 Å². The molecule has 18 heavy (non-hydrogen) atoms. The van der Waals surface area contributed by atoms with E-state index in [0.717, 1.165) is 11.3 Å². The maximum absolute atomic E-state index is 9.94. The number of halogens is 1. The third-order valence-electron chi connectivity index (χ3n) is 2.48. The summed E-state index contributed by atoms with van der Waals surface area (Å²) in [6, 6.07) is 11.3. The molecule has 0 spiro atoms. The largest absolute Gasteiger partial charge is 0.388 e. The minimum atomic E-state index is -0.500. The topological polar surface area (TPSA) is 46.0 Å². The van der Waals surface area contributed by atoms with Crippen LogP contribution in [0.1, 0.15) is 23.8 Å². The normalized spacial score (nSPS) is 12.8. The van der Waals surface area contributed by atoms with Crippen molar-refractivity contribution in [1.29, 1.82) is 0 Å². The van der Waals surface area contributed by atoms with Gasteiger partial charge in [-0.05, 0) is 35.7 Å². The van der Waals surface area contributed by atoms with Crippen LogP contribution in [0.15, 0.2) is 48.7 Å². The Bertz CT molecular complexity index is 528. The number of benzene rings is 1. The van der Waals surface area contributed by atoms with Gasteiger partial charge in [0.1, 0.15) is 0 Å². The molecule has 0 fully saturated rings. The van der Waals surface area contributed by atoms with Crippen LogP contribution in [0.4, 0.5) is 0 Å². The van der Waals surface area contributed by atoms with E-state index in [9.17, 15) is 5.11 Å². The maximum Gasteiger partial charge on any atom is 0.222 e. The minimum Gasteiger partial charge on any atom is -0.388 e. The Morgan fingerprint density at radius 3 is 2.72 bits per heavy atom. The van der Waals surface area contributed by atoms with E-state index in [1.807, 2.05) is 42.5 Å². The van der Waals surface area contributed by atoms with E-state index in [4.69, 9.17) is 11.6 Å². The molecule has 92 valence electrons. The van der Waals surface area contributed by atoms with Gasteiger partial charge in [-0.3, -0.25) is 0 Å². The van der Waals surface area contributed by atoms with Gasteiger partial charge in [-0.15, -0.1) is 0 Å². The van der Waals surface area contributed by atoms with Crippen LogP contribution in [0, 0.1) is 0 Å². The molecule has 0 bridgehead atoms. The van der Waals surface area contributed by atoms with Crippen LogP contribution in [0.25, 0.3) is 6.08 Å². The van der Waals surface area contributed by atoms with Crippen molar-refractivity contribution in [2.45, 2.75) is 12.5 Å². The van der Waals surface area contributed by atoms with Crippen molar-refractivity contribution in [3.05, 3.63) is 65.2 Å². The van der Waals surface area contributed by atoms with Gasteiger partial charge in [-0.1, -0.05) is 36.4 Å². The molecule has 1 aromatic carbocycles. The first kappa shape index (κ1) is 12.7. The first-order valence-electron chi connectivity index (χ1n) is 5.64. The SMILES string of the molecule is O[C@H](C/C=C\c1ccnc(Cl)n1)c1ccccc1. The molecule has 1 heterocycles. The summed E-state index contributed by atoms with van der Waals surface area (Å²) in [6.07, 6.45) is 5.32. The number of aromatic nitrogens is 2. The van der Waals surface area contributed by atoms with Crippen molar-refractivity contribution in [1.82, 2.24) is 9.97 Å². The molecule has 0 radical (unpaired) electrons. The van der Waals surface area contributed by atoms with Crippen LogP contribution >= 0.6 is 11.6 Å². The van der Waals surface area contributed by atoms with Crippen LogP contribution in [0.3, 0.4) is 0 Å². The minimum absolute atomic E-state index is 0.223. The van der Waals surface area contributed by atoms with Gasteiger partial charge >= 0.3 is 0 Å². The number of hydrogen-bond donors (Lipinski definition) is 1. The first-order valence-corrected chi connectivity index (χ1v) is 6.01. The van der Waals surface area contributed by atoms with Crippen LogP contribution in [-0.4, -0.2) is 15.1 Å². The number of hydrogen-bond acceptors (Lipinski definition) is 3. The molecule has 0 unspecified atom stereocenters. The van der Waals surface area contributed by atoms with Crippen molar-refractivity contribution < 1.29 is 5.11 Å². The second-order valence-electron chi connectivity index (χ2n) is 3.82. The average Bonchev–Trinajstić information content (AvgIpc) is 2.40. The van der Waals surface area contributed by atoms with Gasteiger partial charge in [-0.2, -0.15) is 0 Å². The number of aliphatic hydroxyl groups excluding tert-OH is 1. The summed E-state index contributed by atoms with van der Waals surface area (Å²) >= 11 is 5.68. The van der Waals surface area contributed by atoms with Gasteiger partial charge in [0.2, 0.25) is 5.28 Å². The molecular formula is C14H13ClN2O. The van der Waals surface area contributed by atoms with E-state index in [-0.39, 0.29) is 5.28 Å². The third-order valence-corrected chi connectivity index (χ3v) is 2.66. The Hall–Kier alpha value is -1.71. The fourth-order valence-corrected chi connectivity index (χ4v) is 1.72. The quantitative estimate of drug-likeness (QED) is 0.859. The lowest BCUT2D eigenvalue weighted by atomic mass is 10.1. The third kappa shape index (κ3) is 3.65. The summed E-state index contributed by atoms with van der Waals surface area (Å²) in [5, 5.41) is 10.2. The van der Waals surface area contributed by atoms with Crippen LogP contribution in [-0.2, 0) is 0 Å². The Labute approximate surface area is 111 Å². The predicted molar refractivity (Wildman–Crippen MR) is 72.1 cm³/mol. The van der Waals surface area contributed by atoms with Gasteiger partial charge in [0.15, 0.2) is 0 Å². The smallest absolute Gasteiger partial charge is 0.222 e. The summed E-state index contributed by atoms with van der Waals surface area (Å²) in [5.41, 5.74) is 1.64. The molecular weight excluding hydrogens is 248 g/mol. The number of nitrogens with zero attached hydrogens (tertiary/aromatic N) is 2. The van der Waals surface area contributed by atoms with Gasteiger partial charge in [0.05, 0.1) is 11.8 Å². The zero-order chi connectivity index (χ0) is 12.8. The average molecular weight is 261 g/mol. The molecule has 2 rings (SSSR count). The molecule has 0 aliphatic rings. The molecule has 1 aromatic heterocycles. The molecule has 2 aromatic rings. The van der Waals surface area contributed by atoms with E-state index in [2.05, 4.69) is 9.97 Å². The zero-order valence-corrected chi connectivity index (χ0v) is 10.5. The number of aliphatic hydroxyl groups is 1. The van der Waals surface area contributed by atoms with Crippen LogP contribution in [0.2, 0.25) is 5.28 Å². The molecule has 1 atom stereocenters. The summed E-state index contributed by atoms with van der Waals surface area (Å²) < 4.78 is 0. The van der Waals surface area contributed by atoms with Gasteiger partial charge in [0.25, 0.3) is 0 Å². The van der Waals surface area contributed by atoms with E-state index in [1.165, 1.54) is 0 Å². The molecule has 0 amide bonds. The maximum atomic E-state index is 9.94. The lowest BCUT2D eigenvalue weighted by Gasteiger charge is -2.07. The molecule has 0 aliphatic heterocycles. The fourth-order valence-electron chi connectivity index (χ4n) is 1.57. The summed E-state index contributed by atoms with van der Waals surface area (Å²) in [5.74, 6) is 0. The second-order valence-corrected chi connectivity index (χ2v) is 4.15. The monoisotopic (exact) mass is 260 g/mol. The molecule has 0 saturated heterocycles. The number of rotatable bonds is 4. The van der Waals surface area contributed by atoms with Crippen molar-refractivity contribution in [2.24, 2.45) is 0 Å². The lowest BCUT2D eigenvalue weighted by Crippen LogP contribution is -1.94. The highest BCUT2D eigenvalue weighted by atomic mass is 35.5. The van der Waals surface area contributed by atoms with E-state index in [1.54, 1.807) is 12.3 Å². The van der Waals surface area contributed by atoms with Gasteiger partial charge in [-0.25, -0.2) is 9.97 Å². The zero-order valence-electron chi connectivity index (χ0n) is 9.70. The highest BCUT2D eigenvalue weighted by Gasteiger charge is 2.03. The Morgan fingerprint density at radius 2 is 2.00 bits per heavy atom. The molecule has 3 nitrogen and oxygen atoms in total. The molecule has 1 N–H and O–H groups in total. The Balaban J connectivity index is 1.96. The standard InChI is InChI=1S/C14H13ClN2O/c15-14-16-10-9-12(17-14)7-4-8-13(18)11-5-2-1-3-6-11/h1-7,9-10,13,18H,8H2/b7-4-/t13-/m1/s1. The van der Waals surface area contributed by atoms with Crippen molar-refractivity contribution >= 4 is 17.7 Å².